The lowest BCUT2D eigenvalue weighted by atomic mass is 9.47. The Morgan fingerprint density at radius 1 is 1.32 bits per heavy atom. The molecule has 1 N–H and O–H groups in total. The minimum Gasteiger partial charge on any atom is -0.501 e. The Morgan fingerprint density at radius 2 is 2.07 bits per heavy atom. The molecule has 0 radical (unpaired) electrons. The number of fused-ring (bicyclic) bond motifs is 5. The molecule has 0 spiro atoms. The van der Waals surface area contributed by atoms with Gasteiger partial charge in [0.05, 0.1) is 18.5 Å². The van der Waals surface area contributed by atoms with E-state index in [2.05, 4.69) is 39.2 Å². The van der Waals surface area contributed by atoms with Crippen LogP contribution in [0.4, 0.5) is 0 Å². The molecule has 0 aromatic heterocycles. The minimum atomic E-state index is -1.01. The summed E-state index contributed by atoms with van der Waals surface area (Å²) in [5.41, 5.74) is 2.09. The summed E-state index contributed by atoms with van der Waals surface area (Å²) in [4.78, 5) is 11.0. The first-order chi connectivity index (χ1) is 13.2. The molecule has 3 heteroatoms. The topological polar surface area (TPSA) is 46.5 Å². The van der Waals surface area contributed by atoms with Gasteiger partial charge in [0.25, 0.3) is 0 Å². The molecule has 4 rings (SSSR count). The molecule has 0 amide bonds. The van der Waals surface area contributed by atoms with Gasteiger partial charge in [-0.3, -0.25) is 0 Å². The van der Waals surface area contributed by atoms with Gasteiger partial charge in [-0.15, -0.1) is 0 Å². The highest BCUT2D eigenvalue weighted by Gasteiger charge is 2.66. The van der Waals surface area contributed by atoms with E-state index in [0.717, 1.165) is 55.3 Å². The Kier molecular flexibility index (Phi) is 4.54. The first-order valence-electron chi connectivity index (χ1n) is 10.7. The lowest BCUT2D eigenvalue weighted by Gasteiger charge is -2.58. The highest BCUT2D eigenvalue weighted by Crippen LogP contribution is 2.69. The van der Waals surface area contributed by atoms with Crippen LogP contribution >= 0.6 is 0 Å². The van der Waals surface area contributed by atoms with Gasteiger partial charge in [0.1, 0.15) is 6.29 Å². The summed E-state index contributed by atoms with van der Waals surface area (Å²) in [6.07, 6.45) is 11.6. The van der Waals surface area contributed by atoms with Crippen molar-refractivity contribution in [3.8, 4) is 0 Å². The molecule has 0 aromatic carbocycles. The van der Waals surface area contributed by atoms with Gasteiger partial charge in [0.15, 0.2) is 0 Å². The maximum atomic E-state index is 11.7. The molecule has 0 heterocycles. The molecule has 0 unspecified atom stereocenters. The molecule has 0 saturated heterocycles. The molecule has 0 aliphatic heterocycles. The Labute approximate surface area is 169 Å². The van der Waals surface area contributed by atoms with E-state index < -0.39 is 5.60 Å². The fourth-order valence-corrected chi connectivity index (χ4v) is 7.28. The fraction of sp³-hybridized carbons (Fsp3) is 0.640. The summed E-state index contributed by atoms with van der Waals surface area (Å²) in [5.74, 6) is 2.38. The third kappa shape index (κ3) is 2.35. The van der Waals surface area contributed by atoms with Gasteiger partial charge >= 0.3 is 0 Å². The van der Waals surface area contributed by atoms with Crippen molar-refractivity contribution in [2.45, 2.75) is 64.4 Å². The second-order valence-corrected chi connectivity index (χ2v) is 9.90. The number of ether oxygens (including phenoxy) is 1. The van der Waals surface area contributed by atoms with Gasteiger partial charge in [-0.2, -0.15) is 0 Å². The number of aliphatic hydroxyl groups is 1. The highest BCUT2D eigenvalue weighted by molar-refractivity contribution is 5.53. The van der Waals surface area contributed by atoms with Crippen LogP contribution in [0.3, 0.4) is 0 Å². The fourth-order valence-electron chi connectivity index (χ4n) is 7.28. The van der Waals surface area contributed by atoms with Crippen LogP contribution in [0, 0.1) is 28.6 Å². The standard InChI is InChI=1S/C25H34O3/c1-16-17(2)25(27,11-6-14-26)24(4)13-10-21-20(22(16)24)8-7-18-15-19(28-5)9-12-23(18,21)3/h7,14-15,20-22,27H,1-2,6,8-13H2,3-5H3/t20-,21+,22+,23+,24+,25-/m1/s1. The van der Waals surface area contributed by atoms with E-state index in [1.807, 2.05) is 0 Å². The van der Waals surface area contributed by atoms with E-state index in [-0.39, 0.29) is 16.7 Å². The molecule has 0 aromatic rings. The maximum Gasteiger partial charge on any atom is 0.120 e. The van der Waals surface area contributed by atoms with Gasteiger partial charge in [-0.1, -0.05) is 33.1 Å². The zero-order valence-corrected chi connectivity index (χ0v) is 17.6. The first kappa shape index (κ1) is 19.7. The molecule has 0 bridgehead atoms. The number of carbonyl (C=O) groups is 1. The first-order valence-corrected chi connectivity index (χ1v) is 10.7. The molecule has 2 fully saturated rings. The number of carbonyl (C=O) groups excluding carboxylic acids is 1. The molecule has 28 heavy (non-hydrogen) atoms. The second-order valence-electron chi connectivity index (χ2n) is 9.90. The average molecular weight is 383 g/mol. The third-order valence-corrected chi connectivity index (χ3v) is 8.99. The van der Waals surface area contributed by atoms with Gasteiger partial charge in [-0.05, 0) is 78.1 Å². The monoisotopic (exact) mass is 382 g/mol. The van der Waals surface area contributed by atoms with Crippen molar-refractivity contribution in [1.29, 1.82) is 0 Å². The normalized spacial score (nSPS) is 44.8. The lowest BCUT2D eigenvalue weighted by molar-refractivity contribution is -0.119. The summed E-state index contributed by atoms with van der Waals surface area (Å²) >= 11 is 0. The van der Waals surface area contributed by atoms with E-state index >= 15 is 0 Å². The maximum absolute atomic E-state index is 11.7. The minimum absolute atomic E-state index is 0.164. The van der Waals surface area contributed by atoms with Gasteiger partial charge < -0.3 is 14.6 Å². The van der Waals surface area contributed by atoms with Gasteiger partial charge in [0.2, 0.25) is 0 Å². The molecule has 4 aliphatic rings. The van der Waals surface area contributed by atoms with Crippen molar-refractivity contribution in [3.05, 3.63) is 47.8 Å². The summed E-state index contributed by atoms with van der Waals surface area (Å²) in [5, 5.41) is 11.7. The molecular formula is C25H34O3. The summed E-state index contributed by atoms with van der Waals surface area (Å²) in [7, 11) is 1.76. The van der Waals surface area contributed by atoms with E-state index in [1.165, 1.54) is 5.57 Å². The van der Waals surface area contributed by atoms with Crippen molar-refractivity contribution in [2.75, 3.05) is 7.11 Å². The van der Waals surface area contributed by atoms with Crippen molar-refractivity contribution < 1.29 is 14.6 Å². The Balaban J connectivity index is 1.74. The number of rotatable bonds is 4. The molecule has 3 nitrogen and oxygen atoms in total. The lowest BCUT2D eigenvalue weighted by Crippen LogP contribution is -2.54. The quantitative estimate of drug-likeness (QED) is 0.686. The van der Waals surface area contributed by atoms with Crippen molar-refractivity contribution in [3.63, 3.8) is 0 Å². The zero-order valence-electron chi connectivity index (χ0n) is 17.6. The SMILES string of the molecule is C=C1C(=C)[C@](O)(CCC=O)[C@@]2(C)CC[C@H]3[C@@H](CC=C4C=C(OC)CC[C@@]43C)[C@H]12. The van der Waals surface area contributed by atoms with E-state index in [1.54, 1.807) is 7.11 Å². The predicted octanol–water partition coefficient (Wildman–Crippen LogP) is 5.13. The average Bonchev–Trinajstić information content (AvgIpc) is 2.84. The Hall–Kier alpha value is -1.61. The van der Waals surface area contributed by atoms with Crippen LogP contribution in [0.5, 0.6) is 0 Å². The van der Waals surface area contributed by atoms with Crippen molar-refractivity contribution >= 4 is 6.29 Å². The van der Waals surface area contributed by atoms with Crippen LogP contribution in [-0.4, -0.2) is 24.1 Å². The number of aldehydes is 1. The largest absolute Gasteiger partial charge is 0.501 e. The van der Waals surface area contributed by atoms with Crippen LogP contribution in [0.15, 0.2) is 47.8 Å². The molecule has 4 aliphatic carbocycles. The molecule has 2 saturated carbocycles. The van der Waals surface area contributed by atoms with Crippen LogP contribution in [-0.2, 0) is 9.53 Å². The van der Waals surface area contributed by atoms with E-state index in [0.29, 0.717) is 24.7 Å². The van der Waals surface area contributed by atoms with Gasteiger partial charge in [-0.25, -0.2) is 0 Å². The van der Waals surface area contributed by atoms with Crippen molar-refractivity contribution in [1.82, 2.24) is 0 Å². The molecular weight excluding hydrogens is 348 g/mol. The number of allylic oxidation sites excluding steroid dienone is 4. The van der Waals surface area contributed by atoms with Crippen LogP contribution < -0.4 is 0 Å². The van der Waals surface area contributed by atoms with E-state index in [9.17, 15) is 9.90 Å². The third-order valence-electron chi connectivity index (χ3n) is 8.99. The highest BCUT2D eigenvalue weighted by atomic mass is 16.5. The second kappa shape index (κ2) is 6.45. The van der Waals surface area contributed by atoms with Gasteiger partial charge in [0, 0.05) is 18.3 Å². The summed E-state index contributed by atoms with van der Waals surface area (Å²) < 4.78 is 5.54. The number of hydrogen-bond donors (Lipinski definition) is 1. The smallest absolute Gasteiger partial charge is 0.120 e. The number of hydrogen-bond acceptors (Lipinski definition) is 3. The predicted molar refractivity (Wildman–Crippen MR) is 111 cm³/mol. The van der Waals surface area contributed by atoms with Crippen LogP contribution in [0.2, 0.25) is 0 Å². The van der Waals surface area contributed by atoms with Crippen LogP contribution in [0.25, 0.3) is 0 Å². The summed E-state index contributed by atoms with van der Waals surface area (Å²) in [6.45, 7) is 13.3. The Bertz CT molecular complexity index is 790. The zero-order chi connectivity index (χ0) is 20.3. The van der Waals surface area contributed by atoms with Crippen LogP contribution in [0.1, 0.15) is 58.8 Å². The molecule has 152 valence electrons. The van der Waals surface area contributed by atoms with Crippen molar-refractivity contribution in [2.24, 2.45) is 28.6 Å². The van der Waals surface area contributed by atoms with E-state index in [4.69, 9.17) is 4.74 Å². The molecule has 6 atom stereocenters. The number of methoxy groups -OCH3 is 1. The summed E-state index contributed by atoms with van der Waals surface area (Å²) in [6, 6.07) is 0. The Morgan fingerprint density at radius 3 is 2.75 bits per heavy atom.